The summed E-state index contributed by atoms with van der Waals surface area (Å²) < 4.78 is 13.0. The summed E-state index contributed by atoms with van der Waals surface area (Å²) >= 11 is 0. The fourth-order valence-corrected chi connectivity index (χ4v) is 4.03. The van der Waals surface area contributed by atoms with E-state index in [1.165, 1.54) is 7.11 Å². The third-order valence-corrected chi connectivity index (χ3v) is 5.77. The van der Waals surface area contributed by atoms with Gasteiger partial charge in [-0.1, -0.05) is 35.5 Å². The third-order valence-electron chi connectivity index (χ3n) is 5.77. The fourth-order valence-electron chi connectivity index (χ4n) is 4.03. The number of imidazole rings is 1. The van der Waals surface area contributed by atoms with E-state index in [4.69, 9.17) is 9.26 Å². The molecule has 0 unspecified atom stereocenters. The zero-order chi connectivity index (χ0) is 22.9. The average Bonchev–Trinajstić information content (AvgIpc) is 3.43. The van der Waals surface area contributed by atoms with E-state index < -0.39 is 0 Å². The lowest BCUT2D eigenvalue weighted by Crippen LogP contribution is -2.30. The lowest BCUT2D eigenvalue weighted by atomic mass is 10.1. The highest BCUT2D eigenvalue weighted by Gasteiger charge is 2.24. The minimum atomic E-state index is -0.346. The van der Waals surface area contributed by atoms with Gasteiger partial charge in [-0.05, 0) is 26.1 Å². The van der Waals surface area contributed by atoms with Gasteiger partial charge in [0.1, 0.15) is 28.4 Å². The van der Waals surface area contributed by atoms with E-state index in [-0.39, 0.29) is 5.91 Å². The van der Waals surface area contributed by atoms with Crippen LogP contribution in [0.2, 0.25) is 0 Å². The summed E-state index contributed by atoms with van der Waals surface area (Å²) in [5.41, 5.74) is 4.74. The predicted molar refractivity (Wildman–Crippen MR) is 123 cm³/mol. The van der Waals surface area contributed by atoms with Crippen LogP contribution < -0.4 is 10.1 Å². The standard InChI is InChI=1S/C24H24N6O3/c1-15-20(21(28-33-15)16-7-5-4-6-8-16)23(31)26-18-10-9-17(27-24(18)32-3)22-19-13-29(2)11-12-30(19)14-25-22/h4-10,14H,11-13H2,1-3H3,(H,26,31). The van der Waals surface area contributed by atoms with Crippen molar-refractivity contribution in [3.8, 4) is 28.5 Å². The maximum absolute atomic E-state index is 13.2. The molecule has 1 aliphatic heterocycles. The quantitative estimate of drug-likeness (QED) is 0.502. The molecule has 0 fully saturated rings. The van der Waals surface area contributed by atoms with Gasteiger partial charge in [-0.15, -0.1) is 0 Å². The summed E-state index contributed by atoms with van der Waals surface area (Å²) in [6.07, 6.45) is 1.85. The Bertz CT molecular complexity index is 1310. The molecule has 0 bridgehead atoms. The largest absolute Gasteiger partial charge is 0.479 e. The van der Waals surface area contributed by atoms with Crippen LogP contribution in [-0.4, -0.2) is 51.2 Å². The molecule has 9 nitrogen and oxygen atoms in total. The van der Waals surface area contributed by atoms with Crippen molar-refractivity contribution in [3.63, 3.8) is 0 Å². The number of anilines is 1. The summed E-state index contributed by atoms with van der Waals surface area (Å²) in [6, 6.07) is 13.1. The van der Waals surface area contributed by atoms with Crippen LogP contribution in [0.15, 0.2) is 53.3 Å². The summed E-state index contributed by atoms with van der Waals surface area (Å²) in [4.78, 5) is 24.6. The molecule has 1 aliphatic rings. The van der Waals surface area contributed by atoms with Crippen LogP contribution in [0.25, 0.3) is 22.6 Å². The van der Waals surface area contributed by atoms with Gasteiger partial charge in [-0.3, -0.25) is 9.69 Å². The Labute approximate surface area is 191 Å². The van der Waals surface area contributed by atoms with Gasteiger partial charge in [-0.25, -0.2) is 9.97 Å². The molecule has 1 N–H and O–H groups in total. The van der Waals surface area contributed by atoms with Crippen LogP contribution in [0.1, 0.15) is 21.8 Å². The van der Waals surface area contributed by atoms with Crippen LogP contribution in [-0.2, 0) is 13.1 Å². The van der Waals surface area contributed by atoms with Crippen molar-refractivity contribution in [2.24, 2.45) is 0 Å². The number of nitrogens with one attached hydrogen (secondary N) is 1. The molecular formula is C24H24N6O3. The number of likely N-dealkylation sites (N-methyl/N-ethyl adjacent to an activating group) is 1. The van der Waals surface area contributed by atoms with E-state index in [1.54, 1.807) is 13.0 Å². The zero-order valence-electron chi connectivity index (χ0n) is 18.7. The lowest BCUT2D eigenvalue weighted by molar-refractivity contribution is 0.102. The molecule has 0 radical (unpaired) electrons. The van der Waals surface area contributed by atoms with Gasteiger partial charge in [0.05, 0.1) is 24.8 Å². The number of nitrogens with zero attached hydrogens (tertiary/aromatic N) is 5. The van der Waals surface area contributed by atoms with Gasteiger partial charge in [0, 0.05) is 25.2 Å². The van der Waals surface area contributed by atoms with E-state index in [0.717, 1.165) is 36.6 Å². The summed E-state index contributed by atoms with van der Waals surface area (Å²) in [7, 11) is 3.61. The van der Waals surface area contributed by atoms with E-state index in [2.05, 4.69) is 37.0 Å². The number of pyridine rings is 1. The van der Waals surface area contributed by atoms with Crippen LogP contribution in [0.3, 0.4) is 0 Å². The Balaban J connectivity index is 1.45. The zero-order valence-corrected chi connectivity index (χ0v) is 18.7. The summed E-state index contributed by atoms with van der Waals surface area (Å²) in [6.45, 7) is 4.39. The lowest BCUT2D eigenvalue weighted by Gasteiger charge is -2.24. The van der Waals surface area contributed by atoms with E-state index >= 15 is 0 Å². The third kappa shape index (κ3) is 3.87. The Morgan fingerprint density at radius 1 is 1.12 bits per heavy atom. The molecule has 1 aromatic carbocycles. The molecule has 0 aliphatic carbocycles. The van der Waals surface area contributed by atoms with Gasteiger partial charge in [0.2, 0.25) is 5.88 Å². The maximum atomic E-state index is 13.2. The summed E-state index contributed by atoms with van der Waals surface area (Å²) in [5, 5.41) is 6.99. The minimum absolute atomic E-state index is 0.308. The number of fused-ring (bicyclic) bond motifs is 1. The number of ether oxygens (including phenoxy) is 1. The molecule has 0 saturated heterocycles. The maximum Gasteiger partial charge on any atom is 0.261 e. The monoisotopic (exact) mass is 444 g/mol. The number of amides is 1. The minimum Gasteiger partial charge on any atom is -0.479 e. The first-order valence-electron chi connectivity index (χ1n) is 10.7. The number of hydrogen-bond acceptors (Lipinski definition) is 7. The number of aromatic nitrogens is 4. The second-order valence-corrected chi connectivity index (χ2v) is 8.01. The van der Waals surface area contributed by atoms with Crippen molar-refractivity contribution < 1.29 is 14.1 Å². The van der Waals surface area contributed by atoms with Gasteiger partial charge in [0.25, 0.3) is 5.91 Å². The molecule has 4 aromatic rings. The van der Waals surface area contributed by atoms with E-state index in [1.807, 2.05) is 42.7 Å². The Kier molecular flexibility index (Phi) is 5.39. The topological polar surface area (TPSA) is 98.3 Å². The highest BCUT2D eigenvalue weighted by molar-refractivity contribution is 6.09. The number of hydrogen-bond donors (Lipinski definition) is 1. The predicted octanol–water partition coefficient (Wildman–Crippen LogP) is 3.61. The number of aryl methyl sites for hydroxylation is 1. The van der Waals surface area contributed by atoms with Gasteiger partial charge in [0.15, 0.2) is 0 Å². The Morgan fingerprint density at radius 3 is 2.73 bits per heavy atom. The Hall–Kier alpha value is -3.98. The van der Waals surface area contributed by atoms with Crippen LogP contribution in [0, 0.1) is 6.92 Å². The highest BCUT2D eigenvalue weighted by Crippen LogP contribution is 2.31. The molecule has 4 heterocycles. The summed E-state index contributed by atoms with van der Waals surface area (Å²) in [5.74, 6) is 0.396. The van der Waals surface area contributed by atoms with Crippen LogP contribution in [0.4, 0.5) is 5.69 Å². The number of methoxy groups -OCH3 is 1. The number of carbonyl (C=O) groups is 1. The number of carbonyl (C=O) groups excluding carboxylic acids is 1. The van der Waals surface area contributed by atoms with Crippen LogP contribution in [0.5, 0.6) is 5.88 Å². The van der Waals surface area contributed by atoms with Gasteiger partial charge in [-0.2, -0.15) is 0 Å². The molecule has 33 heavy (non-hydrogen) atoms. The normalized spacial score (nSPS) is 13.5. The molecule has 1 amide bonds. The van der Waals surface area contributed by atoms with Crippen molar-refractivity contribution in [1.29, 1.82) is 0 Å². The molecule has 9 heteroatoms. The first kappa shape index (κ1) is 20.9. The second-order valence-electron chi connectivity index (χ2n) is 8.01. The van der Waals surface area contributed by atoms with Crippen molar-refractivity contribution in [2.45, 2.75) is 20.0 Å². The van der Waals surface area contributed by atoms with Gasteiger partial charge < -0.3 is 19.1 Å². The molecule has 0 saturated carbocycles. The first-order chi connectivity index (χ1) is 16.0. The first-order valence-corrected chi connectivity index (χ1v) is 10.7. The smallest absolute Gasteiger partial charge is 0.261 e. The Morgan fingerprint density at radius 2 is 1.94 bits per heavy atom. The fraction of sp³-hybridized carbons (Fsp3) is 0.250. The average molecular weight is 444 g/mol. The number of rotatable bonds is 5. The molecule has 0 spiro atoms. The second kappa shape index (κ2) is 8.51. The molecule has 0 atom stereocenters. The molecular weight excluding hydrogens is 420 g/mol. The van der Waals surface area contributed by atoms with Crippen molar-refractivity contribution in [2.75, 3.05) is 26.0 Å². The SMILES string of the molecule is COc1nc(-c2ncn3c2CN(C)CC3)ccc1NC(=O)c1c(-c2ccccc2)noc1C. The van der Waals surface area contributed by atoms with E-state index in [0.29, 0.717) is 34.3 Å². The van der Waals surface area contributed by atoms with Crippen LogP contribution >= 0.6 is 0 Å². The van der Waals surface area contributed by atoms with Crippen molar-refractivity contribution >= 4 is 11.6 Å². The van der Waals surface area contributed by atoms with E-state index in [9.17, 15) is 4.79 Å². The molecule has 3 aromatic heterocycles. The highest BCUT2D eigenvalue weighted by atomic mass is 16.5. The number of benzene rings is 1. The van der Waals surface area contributed by atoms with Gasteiger partial charge >= 0.3 is 0 Å². The van der Waals surface area contributed by atoms with Crippen molar-refractivity contribution in [3.05, 3.63) is 65.8 Å². The van der Waals surface area contributed by atoms with Crippen molar-refractivity contribution in [1.82, 2.24) is 24.6 Å². The molecule has 5 rings (SSSR count). The molecule has 168 valence electrons.